The topological polar surface area (TPSA) is 104 Å². The summed E-state index contributed by atoms with van der Waals surface area (Å²) < 4.78 is 87.9. The van der Waals surface area contributed by atoms with E-state index >= 15 is 0 Å². The van der Waals surface area contributed by atoms with Gasteiger partial charge in [-0.05, 0) is 37.2 Å². The summed E-state index contributed by atoms with van der Waals surface area (Å²) >= 11 is 0. The van der Waals surface area contributed by atoms with Crippen molar-refractivity contribution in [3.63, 3.8) is 0 Å². The fourth-order valence-electron chi connectivity index (χ4n) is 2.10. The van der Waals surface area contributed by atoms with Crippen LogP contribution < -0.4 is 14.8 Å². The minimum atomic E-state index is -4.68. The van der Waals surface area contributed by atoms with Gasteiger partial charge in [0, 0.05) is 12.6 Å². The fraction of sp³-hybridized carbons (Fsp3) is 0.500. The molecule has 1 heterocycles. The van der Waals surface area contributed by atoms with Crippen LogP contribution in [0.4, 0.5) is 13.2 Å². The summed E-state index contributed by atoms with van der Waals surface area (Å²) in [5, 5.41) is 3.00. The molecular formula is C12H16F3N3O4S2. The molecule has 12 heteroatoms. The highest BCUT2D eigenvalue weighted by molar-refractivity contribution is 7.90. The summed E-state index contributed by atoms with van der Waals surface area (Å²) in [6, 6.07) is 3.70. The molecule has 1 aliphatic heterocycles. The fourth-order valence-corrected chi connectivity index (χ4v) is 4.39. The molecule has 2 rings (SSSR count). The maximum absolute atomic E-state index is 12.2. The van der Waals surface area contributed by atoms with Gasteiger partial charge in [0.25, 0.3) is 0 Å². The van der Waals surface area contributed by atoms with Gasteiger partial charge in [-0.15, -0.1) is 0 Å². The van der Waals surface area contributed by atoms with E-state index in [1.54, 1.807) is 0 Å². The van der Waals surface area contributed by atoms with Crippen molar-refractivity contribution < 1.29 is 30.0 Å². The van der Waals surface area contributed by atoms with Gasteiger partial charge >= 0.3 is 6.18 Å². The number of benzene rings is 1. The van der Waals surface area contributed by atoms with Crippen molar-refractivity contribution in [2.45, 2.75) is 28.4 Å². The Bertz CT molecular complexity index is 771. The molecule has 1 atom stereocenters. The summed E-state index contributed by atoms with van der Waals surface area (Å²) in [5.74, 6) is 0. The minimum Gasteiger partial charge on any atom is -0.315 e. The van der Waals surface area contributed by atoms with Crippen molar-refractivity contribution in [3.05, 3.63) is 24.3 Å². The first-order chi connectivity index (χ1) is 11.0. The summed E-state index contributed by atoms with van der Waals surface area (Å²) in [7, 11) is -8.20. The Morgan fingerprint density at radius 2 is 1.58 bits per heavy atom. The molecule has 1 aromatic rings. The molecule has 3 N–H and O–H groups in total. The van der Waals surface area contributed by atoms with E-state index in [2.05, 4.69) is 10.0 Å². The first-order valence-electron chi connectivity index (χ1n) is 6.89. The molecule has 0 spiro atoms. The largest absolute Gasteiger partial charge is 0.402 e. The second-order valence-electron chi connectivity index (χ2n) is 5.22. The third-order valence-electron chi connectivity index (χ3n) is 3.29. The van der Waals surface area contributed by atoms with E-state index in [9.17, 15) is 30.0 Å². The molecular weight excluding hydrogens is 371 g/mol. The third kappa shape index (κ3) is 5.14. The zero-order valence-corrected chi connectivity index (χ0v) is 13.9. The lowest BCUT2D eigenvalue weighted by molar-refractivity contribution is -0.121. The Labute approximate surface area is 137 Å². The lowest BCUT2D eigenvalue weighted by atomic mass is 10.3. The highest BCUT2D eigenvalue weighted by Gasteiger charge is 2.30. The maximum atomic E-state index is 12.2. The Kier molecular flexibility index (Phi) is 5.54. The predicted molar refractivity (Wildman–Crippen MR) is 79.3 cm³/mol. The van der Waals surface area contributed by atoms with E-state index in [-0.39, 0.29) is 10.9 Å². The van der Waals surface area contributed by atoms with E-state index in [1.807, 2.05) is 0 Å². The first-order valence-corrected chi connectivity index (χ1v) is 9.86. The molecule has 0 aliphatic carbocycles. The predicted octanol–water partition coefficient (Wildman–Crippen LogP) is 0.167. The number of halogens is 3. The van der Waals surface area contributed by atoms with Crippen molar-refractivity contribution in [3.8, 4) is 0 Å². The molecule has 0 amide bonds. The monoisotopic (exact) mass is 387 g/mol. The van der Waals surface area contributed by atoms with Crippen LogP contribution in [-0.4, -0.2) is 48.7 Å². The zero-order chi connectivity index (χ0) is 18.0. The van der Waals surface area contributed by atoms with E-state index in [1.165, 1.54) is 4.72 Å². The van der Waals surface area contributed by atoms with Gasteiger partial charge in [0.05, 0.1) is 9.79 Å². The molecule has 136 valence electrons. The maximum Gasteiger partial charge on any atom is 0.402 e. The normalized spacial score (nSPS) is 19.5. The van der Waals surface area contributed by atoms with Gasteiger partial charge in [0.2, 0.25) is 20.0 Å². The number of rotatable bonds is 6. The van der Waals surface area contributed by atoms with Crippen LogP contribution in [0.15, 0.2) is 34.1 Å². The van der Waals surface area contributed by atoms with E-state index in [0.29, 0.717) is 19.5 Å². The van der Waals surface area contributed by atoms with E-state index in [0.717, 1.165) is 24.3 Å². The van der Waals surface area contributed by atoms with Crippen LogP contribution in [0.2, 0.25) is 0 Å². The molecule has 1 unspecified atom stereocenters. The van der Waals surface area contributed by atoms with Gasteiger partial charge < -0.3 is 5.32 Å². The number of sulfonamides is 2. The van der Waals surface area contributed by atoms with Crippen molar-refractivity contribution >= 4 is 20.0 Å². The average molecular weight is 387 g/mol. The first kappa shape index (κ1) is 19.1. The number of hydrogen-bond donors (Lipinski definition) is 3. The minimum absolute atomic E-state index is 0.163. The Balaban J connectivity index is 2.12. The van der Waals surface area contributed by atoms with Crippen LogP contribution in [0.25, 0.3) is 0 Å². The lowest BCUT2D eigenvalue weighted by Crippen LogP contribution is -2.36. The van der Waals surface area contributed by atoms with Gasteiger partial charge in [-0.1, -0.05) is 0 Å². The summed E-state index contributed by atoms with van der Waals surface area (Å²) in [4.78, 5) is -0.614. The standard InChI is InChI=1S/C12H16F3N3O4S2/c13-12(14,15)8-17-23(19,20)10-1-3-11(4-2-10)24(21,22)18-9-5-6-16-7-9/h1-4,9,16-18H,5-8H2. The van der Waals surface area contributed by atoms with Crippen molar-refractivity contribution in [1.29, 1.82) is 0 Å². The quantitative estimate of drug-likeness (QED) is 0.645. The number of nitrogens with one attached hydrogen (secondary N) is 3. The SMILES string of the molecule is O=S(=O)(NCC(F)(F)F)c1ccc(S(=O)(=O)NC2CCNC2)cc1. The van der Waals surface area contributed by atoms with Crippen molar-refractivity contribution in [2.24, 2.45) is 0 Å². The summed E-state index contributed by atoms with van der Waals surface area (Å²) in [6.07, 6.45) is -4.05. The van der Waals surface area contributed by atoms with Gasteiger partial charge in [-0.25, -0.2) is 26.3 Å². The van der Waals surface area contributed by atoms with Gasteiger partial charge in [-0.3, -0.25) is 0 Å². The Hall–Kier alpha value is -1.21. The molecule has 0 radical (unpaired) electrons. The summed E-state index contributed by atoms with van der Waals surface area (Å²) in [6.45, 7) is -0.520. The second kappa shape index (κ2) is 6.96. The molecule has 24 heavy (non-hydrogen) atoms. The van der Waals surface area contributed by atoms with Gasteiger partial charge in [-0.2, -0.15) is 13.2 Å². The molecule has 1 fully saturated rings. The molecule has 0 saturated carbocycles. The van der Waals surface area contributed by atoms with Gasteiger partial charge in [0.15, 0.2) is 0 Å². The van der Waals surface area contributed by atoms with Crippen LogP contribution in [0.5, 0.6) is 0 Å². The van der Waals surface area contributed by atoms with Crippen LogP contribution in [-0.2, 0) is 20.0 Å². The highest BCUT2D eigenvalue weighted by Crippen LogP contribution is 2.17. The lowest BCUT2D eigenvalue weighted by Gasteiger charge is -2.13. The van der Waals surface area contributed by atoms with Gasteiger partial charge in [0.1, 0.15) is 6.54 Å². The highest BCUT2D eigenvalue weighted by atomic mass is 32.2. The Morgan fingerprint density at radius 1 is 1.04 bits per heavy atom. The van der Waals surface area contributed by atoms with Crippen LogP contribution in [0.3, 0.4) is 0 Å². The molecule has 1 saturated heterocycles. The second-order valence-corrected chi connectivity index (χ2v) is 8.70. The van der Waals surface area contributed by atoms with E-state index in [4.69, 9.17) is 0 Å². The molecule has 0 bridgehead atoms. The van der Waals surface area contributed by atoms with E-state index < -0.39 is 37.7 Å². The average Bonchev–Trinajstić information content (AvgIpc) is 2.97. The molecule has 1 aliphatic rings. The number of alkyl halides is 3. The smallest absolute Gasteiger partial charge is 0.315 e. The van der Waals surface area contributed by atoms with Crippen molar-refractivity contribution in [2.75, 3.05) is 19.6 Å². The zero-order valence-electron chi connectivity index (χ0n) is 12.3. The summed E-state index contributed by atoms with van der Waals surface area (Å²) in [5.41, 5.74) is 0. The van der Waals surface area contributed by atoms with Crippen molar-refractivity contribution in [1.82, 2.24) is 14.8 Å². The molecule has 7 nitrogen and oxygen atoms in total. The Morgan fingerprint density at radius 3 is 2.04 bits per heavy atom. The molecule has 1 aromatic carbocycles. The number of hydrogen-bond acceptors (Lipinski definition) is 5. The van der Waals surface area contributed by atoms with Crippen LogP contribution in [0.1, 0.15) is 6.42 Å². The van der Waals surface area contributed by atoms with Crippen LogP contribution >= 0.6 is 0 Å². The molecule has 0 aromatic heterocycles. The van der Waals surface area contributed by atoms with Crippen LogP contribution in [0, 0.1) is 0 Å². The third-order valence-corrected chi connectivity index (χ3v) is 6.24.